The Balaban J connectivity index is 1.65. The number of rotatable bonds is 10. The lowest BCUT2D eigenvalue weighted by atomic mass is 10.1. The minimum absolute atomic E-state index is 0.0390. The van der Waals surface area contributed by atoms with E-state index in [1.54, 1.807) is 0 Å². The average molecular weight is 441 g/mol. The molecular formula is C24H25FN2O3S. The van der Waals surface area contributed by atoms with E-state index in [1.807, 2.05) is 31.2 Å². The topological polar surface area (TPSA) is 68.3 Å². The monoisotopic (exact) mass is 440 g/mol. The third-order valence-electron chi connectivity index (χ3n) is 4.60. The minimum Gasteiger partial charge on any atom is -0.494 e. The number of ether oxygens (including phenoxy) is 1. The van der Waals surface area contributed by atoms with Crippen LogP contribution in [0.5, 0.6) is 5.75 Å². The quantitative estimate of drug-likeness (QED) is 0.399. The van der Waals surface area contributed by atoms with Crippen LogP contribution in [0.3, 0.4) is 0 Å². The van der Waals surface area contributed by atoms with Gasteiger partial charge in [0.25, 0.3) is 0 Å². The first-order chi connectivity index (χ1) is 15.0. The summed E-state index contributed by atoms with van der Waals surface area (Å²) in [6, 6.07) is 13.1. The first-order valence-electron chi connectivity index (χ1n) is 10.3. The number of halogens is 1. The van der Waals surface area contributed by atoms with Crippen LogP contribution in [0.4, 0.5) is 9.52 Å². The normalized spacial score (nSPS) is 10.7. The molecule has 2 aromatic carbocycles. The number of nitrogens with zero attached hydrogens (tertiary/aromatic N) is 1. The summed E-state index contributed by atoms with van der Waals surface area (Å²) in [5.41, 5.74) is 2.22. The number of carbonyl (C=O) groups excluding carboxylic acids is 2. The van der Waals surface area contributed by atoms with Crippen LogP contribution in [0.15, 0.2) is 48.5 Å². The predicted molar refractivity (Wildman–Crippen MR) is 121 cm³/mol. The van der Waals surface area contributed by atoms with Gasteiger partial charge in [-0.05, 0) is 61.9 Å². The van der Waals surface area contributed by atoms with Crippen LogP contribution in [-0.2, 0) is 11.2 Å². The highest BCUT2D eigenvalue weighted by Gasteiger charge is 2.16. The van der Waals surface area contributed by atoms with Crippen LogP contribution >= 0.6 is 11.3 Å². The SMILES string of the molecule is CCCc1sc(NC(=O)CCC(=O)c2ccc(F)cc2)nc1-c1ccc(OCC)cc1. The molecule has 5 nitrogen and oxygen atoms in total. The van der Waals surface area contributed by atoms with E-state index in [-0.39, 0.29) is 24.5 Å². The second-order valence-corrected chi connectivity index (χ2v) is 8.06. The summed E-state index contributed by atoms with van der Waals surface area (Å²) in [4.78, 5) is 30.3. The van der Waals surface area contributed by atoms with Gasteiger partial charge in [-0.1, -0.05) is 13.3 Å². The van der Waals surface area contributed by atoms with Crippen molar-refractivity contribution in [2.75, 3.05) is 11.9 Å². The molecule has 1 N–H and O–H groups in total. The summed E-state index contributed by atoms with van der Waals surface area (Å²) in [6.45, 7) is 4.65. The Kier molecular flexibility index (Phi) is 7.89. The lowest BCUT2D eigenvalue weighted by molar-refractivity contribution is -0.116. The number of Topliss-reactive ketones (excluding diaryl/α,β-unsaturated/α-hetero) is 1. The first-order valence-corrected chi connectivity index (χ1v) is 11.1. The van der Waals surface area contributed by atoms with E-state index in [1.165, 1.54) is 35.6 Å². The molecule has 0 fully saturated rings. The third kappa shape index (κ3) is 6.21. The van der Waals surface area contributed by atoms with Crippen LogP contribution < -0.4 is 10.1 Å². The highest BCUT2D eigenvalue weighted by Crippen LogP contribution is 2.33. The van der Waals surface area contributed by atoms with Gasteiger partial charge >= 0.3 is 0 Å². The fourth-order valence-electron chi connectivity index (χ4n) is 3.09. The fraction of sp³-hybridized carbons (Fsp3) is 0.292. The fourth-order valence-corrected chi connectivity index (χ4v) is 4.19. The molecule has 0 atom stereocenters. The molecule has 0 spiro atoms. The van der Waals surface area contributed by atoms with Crippen LogP contribution in [0.25, 0.3) is 11.3 Å². The van der Waals surface area contributed by atoms with Gasteiger partial charge in [0.2, 0.25) is 5.91 Å². The molecule has 0 bridgehead atoms. The number of carbonyl (C=O) groups is 2. The van der Waals surface area contributed by atoms with Crippen molar-refractivity contribution >= 4 is 28.2 Å². The maximum atomic E-state index is 13.0. The van der Waals surface area contributed by atoms with Gasteiger partial charge in [0.1, 0.15) is 11.6 Å². The summed E-state index contributed by atoms with van der Waals surface area (Å²) in [5.74, 6) is -0.0660. The molecule has 0 aliphatic heterocycles. The highest BCUT2D eigenvalue weighted by molar-refractivity contribution is 7.16. The van der Waals surface area contributed by atoms with Crippen molar-refractivity contribution in [2.45, 2.75) is 39.5 Å². The van der Waals surface area contributed by atoms with Gasteiger partial charge in [0.15, 0.2) is 10.9 Å². The van der Waals surface area contributed by atoms with Crippen molar-refractivity contribution in [1.29, 1.82) is 0 Å². The van der Waals surface area contributed by atoms with Gasteiger partial charge in [-0.25, -0.2) is 9.37 Å². The number of hydrogen-bond donors (Lipinski definition) is 1. The number of hydrogen-bond acceptors (Lipinski definition) is 5. The Morgan fingerprint density at radius 2 is 1.74 bits per heavy atom. The molecule has 0 radical (unpaired) electrons. The summed E-state index contributed by atoms with van der Waals surface area (Å²) >= 11 is 1.45. The average Bonchev–Trinajstić information content (AvgIpc) is 3.15. The zero-order valence-electron chi connectivity index (χ0n) is 17.6. The van der Waals surface area contributed by atoms with Crippen LogP contribution in [-0.4, -0.2) is 23.3 Å². The van der Waals surface area contributed by atoms with Crippen LogP contribution in [0.2, 0.25) is 0 Å². The van der Waals surface area contributed by atoms with Crippen LogP contribution in [0, 0.1) is 5.82 Å². The van der Waals surface area contributed by atoms with Gasteiger partial charge in [0.05, 0.1) is 12.3 Å². The zero-order valence-corrected chi connectivity index (χ0v) is 18.4. The number of benzene rings is 2. The number of anilines is 1. The van der Waals surface area contributed by atoms with E-state index < -0.39 is 5.82 Å². The molecule has 3 rings (SSSR count). The lowest BCUT2D eigenvalue weighted by Crippen LogP contribution is -2.13. The number of ketones is 1. The number of aromatic nitrogens is 1. The van der Waals surface area contributed by atoms with Crippen molar-refractivity contribution < 1.29 is 18.7 Å². The molecule has 0 unspecified atom stereocenters. The summed E-state index contributed by atoms with van der Waals surface area (Å²) < 4.78 is 18.5. The number of nitrogens with one attached hydrogen (secondary N) is 1. The zero-order chi connectivity index (χ0) is 22.2. The van der Waals surface area contributed by atoms with Gasteiger partial charge in [-0.3, -0.25) is 9.59 Å². The molecule has 7 heteroatoms. The second kappa shape index (κ2) is 10.8. The van der Waals surface area contributed by atoms with Crippen molar-refractivity contribution in [1.82, 2.24) is 4.98 Å². The smallest absolute Gasteiger partial charge is 0.226 e. The van der Waals surface area contributed by atoms with E-state index in [2.05, 4.69) is 17.2 Å². The Morgan fingerprint density at radius 1 is 1.03 bits per heavy atom. The number of amides is 1. The molecule has 31 heavy (non-hydrogen) atoms. The molecule has 1 heterocycles. The van der Waals surface area contributed by atoms with E-state index in [4.69, 9.17) is 4.74 Å². The van der Waals surface area contributed by atoms with Crippen LogP contribution in [0.1, 0.15) is 48.3 Å². The minimum atomic E-state index is -0.399. The maximum Gasteiger partial charge on any atom is 0.226 e. The molecule has 162 valence electrons. The standard InChI is InChI=1S/C24H25FN2O3S/c1-3-5-21-23(17-8-12-19(13-9-17)30-4-2)27-24(31-21)26-22(29)15-14-20(28)16-6-10-18(25)11-7-16/h6-13H,3-5,14-15H2,1-2H3,(H,26,27,29). The Bertz CT molecular complexity index is 1030. The Hall–Kier alpha value is -3.06. The molecule has 1 amide bonds. The van der Waals surface area contributed by atoms with Gasteiger partial charge < -0.3 is 10.1 Å². The Morgan fingerprint density at radius 3 is 2.39 bits per heavy atom. The van der Waals surface area contributed by atoms with Crippen molar-refractivity contribution in [3.8, 4) is 17.0 Å². The van der Waals surface area contributed by atoms with E-state index >= 15 is 0 Å². The summed E-state index contributed by atoms with van der Waals surface area (Å²) in [6.07, 6.45) is 1.92. The van der Waals surface area contributed by atoms with Crippen molar-refractivity contribution in [2.24, 2.45) is 0 Å². The predicted octanol–water partition coefficient (Wildman–Crippen LogP) is 5.90. The number of thiazole rings is 1. The highest BCUT2D eigenvalue weighted by atomic mass is 32.1. The number of aryl methyl sites for hydroxylation is 1. The molecular weight excluding hydrogens is 415 g/mol. The molecule has 1 aromatic heterocycles. The largest absolute Gasteiger partial charge is 0.494 e. The van der Waals surface area contributed by atoms with E-state index in [0.29, 0.717) is 17.3 Å². The molecule has 0 aliphatic carbocycles. The molecule has 0 saturated heterocycles. The molecule has 0 saturated carbocycles. The molecule has 0 aliphatic rings. The molecule has 3 aromatic rings. The van der Waals surface area contributed by atoms with E-state index in [0.717, 1.165) is 34.7 Å². The third-order valence-corrected chi connectivity index (χ3v) is 5.64. The summed E-state index contributed by atoms with van der Waals surface area (Å²) in [7, 11) is 0. The van der Waals surface area contributed by atoms with Gasteiger partial charge in [0, 0.05) is 28.8 Å². The summed E-state index contributed by atoms with van der Waals surface area (Å²) in [5, 5.41) is 3.33. The van der Waals surface area contributed by atoms with Crippen molar-refractivity contribution in [3.05, 3.63) is 64.8 Å². The first kappa shape index (κ1) is 22.6. The van der Waals surface area contributed by atoms with E-state index in [9.17, 15) is 14.0 Å². The maximum absolute atomic E-state index is 13.0. The van der Waals surface area contributed by atoms with Gasteiger partial charge in [-0.2, -0.15) is 0 Å². The lowest BCUT2D eigenvalue weighted by Gasteiger charge is -2.05. The van der Waals surface area contributed by atoms with Gasteiger partial charge in [-0.15, -0.1) is 11.3 Å². The second-order valence-electron chi connectivity index (χ2n) is 6.98. The van der Waals surface area contributed by atoms with Crippen molar-refractivity contribution in [3.63, 3.8) is 0 Å². The Labute approximate surface area is 185 Å².